The maximum atomic E-state index is 13.0. The minimum atomic E-state index is -4.59. The highest BCUT2D eigenvalue weighted by Gasteiger charge is 2.32. The maximum Gasteiger partial charge on any atom is 0.416 e. The number of carbonyl (C=O) groups is 1. The van der Waals surface area contributed by atoms with Crippen molar-refractivity contribution < 1.29 is 31.5 Å². The molecule has 0 atom stereocenters. The van der Waals surface area contributed by atoms with Gasteiger partial charge in [0.25, 0.3) is 10.0 Å². The molecule has 142 valence electrons. The molecule has 27 heavy (non-hydrogen) atoms. The van der Waals surface area contributed by atoms with Gasteiger partial charge in [0.2, 0.25) is 0 Å². The van der Waals surface area contributed by atoms with Crippen LogP contribution < -0.4 is 0 Å². The molecular formula is C17H13F3N2O4S. The molecule has 3 aromatic rings. The van der Waals surface area contributed by atoms with E-state index >= 15 is 0 Å². The first-order chi connectivity index (χ1) is 12.5. The van der Waals surface area contributed by atoms with Gasteiger partial charge in [0.05, 0.1) is 16.9 Å². The molecule has 1 N–H and O–H groups in total. The first kappa shape index (κ1) is 18.9. The SMILES string of the molecule is Cc1c(CC(=O)O)c2cccnc2n1S(=O)(=O)c1ccc(C(F)(F)F)cc1. The summed E-state index contributed by atoms with van der Waals surface area (Å²) in [4.78, 5) is 14.8. The molecule has 10 heteroatoms. The van der Waals surface area contributed by atoms with Crippen molar-refractivity contribution in [2.75, 3.05) is 0 Å². The predicted molar refractivity (Wildman–Crippen MR) is 89.8 cm³/mol. The fourth-order valence-electron chi connectivity index (χ4n) is 2.86. The van der Waals surface area contributed by atoms with Crippen LogP contribution in [-0.2, 0) is 27.4 Å². The Balaban J connectivity index is 2.22. The van der Waals surface area contributed by atoms with Crippen LogP contribution in [0.5, 0.6) is 0 Å². The second kappa shape index (κ2) is 6.38. The zero-order chi connectivity index (χ0) is 20.0. The Morgan fingerprint density at radius 3 is 2.37 bits per heavy atom. The molecule has 0 amide bonds. The zero-order valence-corrected chi connectivity index (χ0v) is 14.7. The van der Waals surface area contributed by atoms with Crippen molar-refractivity contribution >= 4 is 27.0 Å². The van der Waals surface area contributed by atoms with E-state index in [1.54, 1.807) is 12.1 Å². The summed E-state index contributed by atoms with van der Waals surface area (Å²) < 4.78 is 65.1. The lowest BCUT2D eigenvalue weighted by atomic mass is 10.1. The molecular weight excluding hydrogens is 385 g/mol. The van der Waals surface area contributed by atoms with Crippen LogP contribution in [0.25, 0.3) is 11.0 Å². The quantitative estimate of drug-likeness (QED) is 0.729. The molecule has 0 saturated carbocycles. The van der Waals surface area contributed by atoms with E-state index in [4.69, 9.17) is 5.11 Å². The van der Waals surface area contributed by atoms with Crippen molar-refractivity contribution in [3.05, 3.63) is 59.4 Å². The number of carboxylic acid groups (broad SMARTS) is 1. The van der Waals surface area contributed by atoms with Gasteiger partial charge in [-0.05, 0) is 48.9 Å². The van der Waals surface area contributed by atoms with Crippen LogP contribution in [0, 0.1) is 6.92 Å². The molecule has 6 nitrogen and oxygen atoms in total. The minimum Gasteiger partial charge on any atom is -0.481 e. The van der Waals surface area contributed by atoms with Gasteiger partial charge >= 0.3 is 12.1 Å². The van der Waals surface area contributed by atoms with Crippen molar-refractivity contribution in [2.24, 2.45) is 0 Å². The van der Waals surface area contributed by atoms with Crippen molar-refractivity contribution in [3.8, 4) is 0 Å². The molecule has 0 saturated heterocycles. The second-order valence-corrected chi connectivity index (χ2v) is 7.59. The average molecular weight is 398 g/mol. The Bertz CT molecular complexity index is 1130. The van der Waals surface area contributed by atoms with E-state index in [-0.39, 0.29) is 21.8 Å². The molecule has 0 bridgehead atoms. The van der Waals surface area contributed by atoms with Crippen LogP contribution in [0.1, 0.15) is 16.8 Å². The van der Waals surface area contributed by atoms with Crippen LogP contribution in [0.4, 0.5) is 13.2 Å². The lowest BCUT2D eigenvalue weighted by Gasteiger charge is -2.11. The summed E-state index contributed by atoms with van der Waals surface area (Å²) in [6.45, 7) is 1.43. The number of nitrogens with zero attached hydrogens (tertiary/aromatic N) is 2. The van der Waals surface area contributed by atoms with Gasteiger partial charge in [-0.25, -0.2) is 17.4 Å². The lowest BCUT2D eigenvalue weighted by Crippen LogP contribution is -2.16. The fraction of sp³-hybridized carbons (Fsp3) is 0.176. The summed E-state index contributed by atoms with van der Waals surface area (Å²) in [5, 5.41) is 9.46. The molecule has 1 aromatic carbocycles. The van der Waals surface area contributed by atoms with Crippen molar-refractivity contribution in [2.45, 2.75) is 24.4 Å². The highest BCUT2D eigenvalue weighted by molar-refractivity contribution is 7.90. The van der Waals surface area contributed by atoms with E-state index in [0.29, 0.717) is 17.5 Å². The number of hydrogen-bond acceptors (Lipinski definition) is 4. The number of halogens is 3. The van der Waals surface area contributed by atoms with E-state index in [2.05, 4.69) is 4.98 Å². The fourth-order valence-corrected chi connectivity index (χ4v) is 4.40. The van der Waals surface area contributed by atoms with Gasteiger partial charge in [-0.2, -0.15) is 13.2 Å². The Morgan fingerprint density at radius 1 is 1.19 bits per heavy atom. The van der Waals surface area contributed by atoms with Gasteiger partial charge in [0.1, 0.15) is 0 Å². The Hall–Kier alpha value is -2.88. The predicted octanol–water partition coefficient (Wildman–Crippen LogP) is 3.23. The Kier molecular flexibility index (Phi) is 4.46. The van der Waals surface area contributed by atoms with E-state index in [1.807, 2.05) is 0 Å². The number of benzene rings is 1. The van der Waals surface area contributed by atoms with Crippen LogP contribution in [0.3, 0.4) is 0 Å². The highest BCUT2D eigenvalue weighted by Crippen LogP contribution is 2.32. The van der Waals surface area contributed by atoms with E-state index in [9.17, 15) is 26.4 Å². The number of carboxylic acids is 1. The number of aliphatic carboxylic acids is 1. The first-order valence-electron chi connectivity index (χ1n) is 7.63. The summed E-state index contributed by atoms with van der Waals surface area (Å²) >= 11 is 0. The molecule has 2 heterocycles. The molecule has 0 spiro atoms. The Labute approximate surface area is 151 Å². The molecule has 0 aliphatic carbocycles. The van der Waals surface area contributed by atoms with Gasteiger partial charge in [0, 0.05) is 17.3 Å². The number of alkyl halides is 3. The number of fused-ring (bicyclic) bond motifs is 1. The molecule has 0 unspecified atom stereocenters. The molecule has 3 rings (SSSR count). The first-order valence-corrected chi connectivity index (χ1v) is 9.07. The number of rotatable bonds is 4. The number of aromatic nitrogens is 2. The standard InChI is InChI=1S/C17H13F3N2O4S/c1-10-14(9-15(23)24)13-3-2-8-21-16(13)22(10)27(25,26)12-6-4-11(5-7-12)17(18,19)20/h2-8H,9H2,1H3,(H,23,24). The summed E-state index contributed by atoms with van der Waals surface area (Å²) in [6, 6.07) is 6.18. The van der Waals surface area contributed by atoms with Crippen LogP contribution in [-0.4, -0.2) is 28.5 Å². The maximum absolute atomic E-state index is 13.0. The summed E-state index contributed by atoms with van der Waals surface area (Å²) in [5.41, 5.74) is -0.529. The van der Waals surface area contributed by atoms with Crippen molar-refractivity contribution in [1.29, 1.82) is 0 Å². The van der Waals surface area contributed by atoms with E-state index in [0.717, 1.165) is 16.1 Å². The highest BCUT2D eigenvalue weighted by atomic mass is 32.2. The van der Waals surface area contributed by atoms with Gasteiger partial charge in [-0.3, -0.25) is 4.79 Å². The smallest absolute Gasteiger partial charge is 0.416 e. The lowest BCUT2D eigenvalue weighted by molar-refractivity contribution is -0.138. The van der Waals surface area contributed by atoms with Gasteiger partial charge in [-0.1, -0.05) is 0 Å². The minimum absolute atomic E-state index is 0.0196. The van der Waals surface area contributed by atoms with Crippen molar-refractivity contribution in [1.82, 2.24) is 8.96 Å². The van der Waals surface area contributed by atoms with Gasteiger partial charge < -0.3 is 5.11 Å². The van der Waals surface area contributed by atoms with E-state index < -0.39 is 34.2 Å². The molecule has 2 aromatic heterocycles. The van der Waals surface area contributed by atoms with E-state index in [1.165, 1.54) is 13.1 Å². The topological polar surface area (TPSA) is 89.3 Å². The summed E-state index contributed by atoms with van der Waals surface area (Å²) in [5.74, 6) is -1.15. The third kappa shape index (κ3) is 3.27. The van der Waals surface area contributed by atoms with Gasteiger partial charge in [-0.15, -0.1) is 0 Å². The number of pyridine rings is 1. The molecule has 0 aliphatic rings. The molecule has 0 radical (unpaired) electrons. The molecule has 0 fully saturated rings. The summed E-state index contributed by atoms with van der Waals surface area (Å²) in [6.07, 6.45) is -3.65. The zero-order valence-electron chi connectivity index (χ0n) is 13.9. The Morgan fingerprint density at radius 2 is 1.81 bits per heavy atom. The average Bonchev–Trinajstić information content (AvgIpc) is 2.86. The third-order valence-corrected chi connectivity index (χ3v) is 5.89. The van der Waals surface area contributed by atoms with Gasteiger partial charge in [0.15, 0.2) is 5.65 Å². The summed E-state index contributed by atoms with van der Waals surface area (Å²) in [7, 11) is -4.28. The molecule has 0 aliphatic heterocycles. The van der Waals surface area contributed by atoms with Crippen molar-refractivity contribution in [3.63, 3.8) is 0 Å². The largest absolute Gasteiger partial charge is 0.481 e. The third-order valence-electron chi connectivity index (χ3n) is 4.09. The van der Waals surface area contributed by atoms with Crippen LogP contribution >= 0.6 is 0 Å². The number of hydrogen-bond donors (Lipinski definition) is 1. The van der Waals surface area contributed by atoms with Crippen LogP contribution in [0.2, 0.25) is 0 Å². The monoisotopic (exact) mass is 398 g/mol. The second-order valence-electron chi connectivity index (χ2n) is 5.80. The van der Waals surface area contributed by atoms with Crippen LogP contribution in [0.15, 0.2) is 47.5 Å². The normalized spacial score (nSPS) is 12.4.